The van der Waals surface area contributed by atoms with E-state index < -0.39 is 63.7 Å². The van der Waals surface area contributed by atoms with Crippen LogP contribution in [-0.4, -0.2) is 48.6 Å². The number of allylic oxidation sites excluding steroid dienone is 2. The zero-order valence-corrected chi connectivity index (χ0v) is 24.3. The second kappa shape index (κ2) is 9.98. The summed E-state index contributed by atoms with van der Waals surface area (Å²) in [6.07, 6.45) is -1.22. The summed E-state index contributed by atoms with van der Waals surface area (Å²) in [4.78, 5) is 25.5. The highest BCUT2D eigenvalue weighted by atomic mass is 19.4. The molecule has 9 heteroatoms. The van der Waals surface area contributed by atoms with Gasteiger partial charge < -0.3 is 19.3 Å². The predicted molar refractivity (Wildman–Crippen MR) is 147 cm³/mol. The fourth-order valence-corrected chi connectivity index (χ4v) is 7.95. The first-order valence-electron chi connectivity index (χ1n) is 13.4. The van der Waals surface area contributed by atoms with Crippen molar-refractivity contribution in [1.82, 2.24) is 0 Å². The highest BCUT2D eigenvalue weighted by Gasteiger charge is 2.75. The van der Waals surface area contributed by atoms with E-state index in [1.54, 1.807) is 6.92 Å². The summed E-state index contributed by atoms with van der Waals surface area (Å²) >= 11 is 0. The lowest BCUT2D eigenvalue weighted by Gasteiger charge is -2.57. The number of carboxylic acid groups (broad SMARTS) is 1. The van der Waals surface area contributed by atoms with Gasteiger partial charge in [-0.1, -0.05) is 81.5 Å². The normalized spacial score (nSPS) is 36.6. The highest BCUT2D eigenvalue weighted by molar-refractivity contribution is 5.83. The van der Waals surface area contributed by atoms with Crippen molar-refractivity contribution in [1.29, 1.82) is 0 Å². The maximum Gasteiger partial charge on any atom is 0.432 e. The number of aliphatic carboxylic acids is 1. The van der Waals surface area contributed by atoms with Crippen molar-refractivity contribution >= 4 is 11.9 Å². The second-order valence-corrected chi connectivity index (χ2v) is 12.0. The minimum Gasteiger partial charge on any atom is -0.478 e. The van der Waals surface area contributed by atoms with Crippen LogP contribution in [0.5, 0.6) is 0 Å². The summed E-state index contributed by atoms with van der Waals surface area (Å²) in [5.41, 5.74) is -4.26. The van der Waals surface area contributed by atoms with Gasteiger partial charge in [0.2, 0.25) is 0 Å². The van der Waals surface area contributed by atoms with Gasteiger partial charge in [-0.15, -0.1) is 0 Å². The number of hydrogen-bond donors (Lipinski definition) is 1. The van der Waals surface area contributed by atoms with Crippen LogP contribution in [0.4, 0.5) is 13.2 Å². The van der Waals surface area contributed by atoms with Gasteiger partial charge in [-0.3, -0.25) is 0 Å². The van der Waals surface area contributed by atoms with Gasteiger partial charge in [0, 0.05) is 40.9 Å². The smallest absolute Gasteiger partial charge is 0.432 e. The number of hydrogen-bond acceptors (Lipinski definition) is 5. The molecule has 222 valence electrons. The zero-order chi connectivity index (χ0) is 30.8. The largest absolute Gasteiger partial charge is 0.478 e. The Balaban J connectivity index is 1.92. The molecule has 6 nitrogen and oxygen atoms in total. The number of esters is 1. The van der Waals surface area contributed by atoms with Gasteiger partial charge in [-0.2, -0.15) is 13.2 Å². The number of halogens is 3. The molecule has 4 rings (SSSR count). The van der Waals surface area contributed by atoms with Crippen LogP contribution in [0, 0.1) is 22.2 Å². The monoisotopic (exact) mass is 574 g/mol. The lowest BCUT2D eigenvalue weighted by atomic mass is 9.47. The average molecular weight is 575 g/mol. The first kappa shape index (κ1) is 30.8. The SMILES string of the molecule is C=C1[C@@H](OC(=O)[C@](OC)(c2ccccc2)C(F)(F)F)[C@@](C)(/C=C/C(=O)O)[C@H]2C(C)=C[C@@]3(C)[C@H](/C(C)=C\C)O[C@@H]1[C@@]23C. The molecule has 0 aromatic heterocycles. The number of alkyl halides is 3. The number of rotatable bonds is 7. The fraction of sp³-hybridized carbons (Fsp3) is 0.500. The van der Waals surface area contributed by atoms with Gasteiger partial charge in [-0.05, 0) is 31.9 Å². The van der Waals surface area contributed by atoms with Gasteiger partial charge in [0.05, 0.1) is 12.2 Å². The van der Waals surface area contributed by atoms with E-state index in [1.165, 1.54) is 24.3 Å². The van der Waals surface area contributed by atoms with Gasteiger partial charge in [0.15, 0.2) is 0 Å². The molecule has 3 aliphatic rings. The Bertz CT molecular complexity index is 1350. The van der Waals surface area contributed by atoms with Gasteiger partial charge in [0.1, 0.15) is 6.10 Å². The van der Waals surface area contributed by atoms with Crippen LogP contribution >= 0.6 is 0 Å². The van der Waals surface area contributed by atoms with Gasteiger partial charge >= 0.3 is 18.1 Å². The van der Waals surface area contributed by atoms with Crippen molar-refractivity contribution in [3.63, 3.8) is 0 Å². The quantitative estimate of drug-likeness (QED) is 0.226. The molecule has 1 aromatic carbocycles. The van der Waals surface area contributed by atoms with Crippen molar-refractivity contribution in [2.75, 3.05) is 7.11 Å². The van der Waals surface area contributed by atoms with Gasteiger partial charge in [-0.25, -0.2) is 9.59 Å². The maximum atomic E-state index is 14.7. The van der Waals surface area contributed by atoms with E-state index in [4.69, 9.17) is 14.2 Å². The molecular weight excluding hydrogens is 537 g/mol. The summed E-state index contributed by atoms with van der Waals surface area (Å²) in [7, 11) is 0.803. The molecule has 0 spiro atoms. The van der Waals surface area contributed by atoms with E-state index >= 15 is 0 Å². The summed E-state index contributed by atoms with van der Waals surface area (Å²) in [5.74, 6) is -3.38. The standard InChI is InChI=1S/C32H37F3O6/c1-9-18(2)24-29(6)17-19(3)23-28(5,16-15-22(36)37)25(20(4)26(40-24)30(23,29)7)41-27(38)31(39-8,32(33,34)35)21-13-11-10-12-14-21/h9-17,23-26H,4H2,1-3,5-8H3,(H,36,37)/b16-15+,18-9-/t23-,24+,25-,26+,28+,29+,30-,31-/m1/s1. The number of carbonyl (C=O) groups is 2. The molecule has 1 aromatic rings. The predicted octanol–water partition coefficient (Wildman–Crippen LogP) is 6.54. The van der Waals surface area contributed by atoms with Crippen LogP contribution in [0.15, 0.2) is 77.9 Å². The highest BCUT2D eigenvalue weighted by Crippen LogP contribution is 2.73. The molecule has 1 saturated carbocycles. The van der Waals surface area contributed by atoms with Crippen LogP contribution in [0.25, 0.3) is 0 Å². The van der Waals surface area contributed by atoms with Crippen LogP contribution in [-0.2, 0) is 29.4 Å². The summed E-state index contributed by atoms with van der Waals surface area (Å²) < 4.78 is 61.7. The van der Waals surface area contributed by atoms with Crippen LogP contribution < -0.4 is 0 Å². The Morgan fingerprint density at radius 2 is 1.76 bits per heavy atom. The second-order valence-electron chi connectivity index (χ2n) is 12.0. The first-order valence-corrected chi connectivity index (χ1v) is 13.4. The molecule has 0 amide bonds. The molecule has 0 bridgehead atoms. The molecule has 1 N–H and O–H groups in total. The van der Waals surface area contributed by atoms with Crippen molar-refractivity contribution in [3.05, 3.63) is 83.5 Å². The zero-order valence-electron chi connectivity index (χ0n) is 24.3. The van der Waals surface area contributed by atoms with E-state index in [0.29, 0.717) is 0 Å². The number of methoxy groups -OCH3 is 1. The molecule has 2 fully saturated rings. The Hall–Kier alpha value is -3.17. The van der Waals surface area contributed by atoms with Crippen molar-refractivity contribution < 1.29 is 42.1 Å². The third-order valence-electron chi connectivity index (χ3n) is 9.82. The number of benzene rings is 1. The van der Waals surface area contributed by atoms with Gasteiger partial charge in [0.25, 0.3) is 5.60 Å². The molecule has 1 heterocycles. The first-order chi connectivity index (χ1) is 19.0. The summed E-state index contributed by atoms with van der Waals surface area (Å²) in [6.45, 7) is 15.8. The van der Waals surface area contributed by atoms with E-state index in [-0.39, 0.29) is 11.7 Å². The van der Waals surface area contributed by atoms with E-state index in [9.17, 15) is 27.9 Å². The molecular formula is C32H37F3O6. The molecule has 0 radical (unpaired) electrons. The van der Waals surface area contributed by atoms with Crippen molar-refractivity contribution in [3.8, 4) is 0 Å². The van der Waals surface area contributed by atoms with Crippen molar-refractivity contribution in [2.24, 2.45) is 22.2 Å². The van der Waals surface area contributed by atoms with Crippen molar-refractivity contribution in [2.45, 2.75) is 71.6 Å². The topological polar surface area (TPSA) is 82.1 Å². The molecule has 8 atom stereocenters. The fourth-order valence-electron chi connectivity index (χ4n) is 7.95. The number of carbonyl (C=O) groups excluding carboxylic acids is 1. The minimum atomic E-state index is -5.18. The van der Waals surface area contributed by atoms with E-state index in [1.807, 2.05) is 33.8 Å². The minimum absolute atomic E-state index is 0.260. The number of ether oxygens (including phenoxy) is 3. The number of carboxylic acids is 1. The molecule has 1 aliphatic heterocycles. The molecule has 1 saturated heterocycles. The molecule has 41 heavy (non-hydrogen) atoms. The third kappa shape index (κ3) is 4.07. The van der Waals surface area contributed by atoms with Crippen LogP contribution in [0.3, 0.4) is 0 Å². The Morgan fingerprint density at radius 3 is 2.27 bits per heavy atom. The Labute approximate surface area is 238 Å². The average Bonchev–Trinajstić information content (AvgIpc) is 3.25. The maximum absolute atomic E-state index is 14.7. The summed E-state index contributed by atoms with van der Waals surface area (Å²) in [6, 6.07) is 6.56. The Morgan fingerprint density at radius 1 is 1.15 bits per heavy atom. The lowest BCUT2D eigenvalue weighted by molar-refractivity contribution is -0.280. The Kier molecular flexibility index (Phi) is 7.49. The molecule has 2 aliphatic carbocycles. The van der Waals surface area contributed by atoms with E-state index in [2.05, 4.69) is 19.6 Å². The third-order valence-corrected chi connectivity index (χ3v) is 9.82. The molecule has 0 unspecified atom stereocenters. The summed E-state index contributed by atoms with van der Waals surface area (Å²) in [5, 5.41) is 9.57. The van der Waals surface area contributed by atoms with E-state index in [0.717, 1.165) is 36.5 Å². The lowest BCUT2D eigenvalue weighted by Crippen LogP contribution is -2.61. The van der Waals surface area contributed by atoms with Crippen LogP contribution in [0.2, 0.25) is 0 Å². The van der Waals surface area contributed by atoms with Crippen LogP contribution in [0.1, 0.15) is 47.1 Å².